The highest BCUT2D eigenvalue weighted by Gasteiger charge is 2.37. The summed E-state index contributed by atoms with van der Waals surface area (Å²) in [4.78, 5) is 13.2. The molecule has 1 aromatic carbocycles. The Morgan fingerprint density at radius 2 is 1.97 bits per heavy atom. The Bertz CT molecular complexity index is 839. The summed E-state index contributed by atoms with van der Waals surface area (Å²) in [5.74, 6) is 1.02. The van der Waals surface area contributed by atoms with E-state index in [0.717, 1.165) is 29.0 Å². The molecule has 3 atom stereocenters. The second-order valence-electron chi connectivity index (χ2n) is 9.28. The molecule has 2 aromatic rings. The Balaban J connectivity index is 0.00000320. The zero-order chi connectivity index (χ0) is 21.2. The average molecular weight is 435 g/mol. The number of hydrogen-bond acceptors (Lipinski definition) is 4. The van der Waals surface area contributed by atoms with E-state index in [4.69, 9.17) is 4.74 Å². The maximum Gasteiger partial charge on any atom is 0.225 e. The van der Waals surface area contributed by atoms with Gasteiger partial charge < -0.3 is 15.4 Å². The molecule has 6 nitrogen and oxygen atoms in total. The molecule has 1 aromatic heterocycles. The molecule has 1 fully saturated rings. The lowest BCUT2D eigenvalue weighted by molar-refractivity contribution is -0.126. The van der Waals surface area contributed by atoms with Gasteiger partial charge in [0.15, 0.2) is 0 Å². The fraction of sp³-hybridized carbons (Fsp3) is 0.565. The largest absolute Gasteiger partial charge is 0.491 e. The van der Waals surface area contributed by atoms with Gasteiger partial charge in [-0.25, -0.2) is 0 Å². The second-order valence-corrected chi connectivity index (χ2v) is 9.28. The normalized spacial score (nSPS) is 19.8. The van der Waals surface area contributed by atoms with Gasteiger partial charge >= 0.3 is 0 Å². The summed E-state index contributed by atoms with van der Waals surface area (Å²) in [6, 6.07) is 6.04. The van der Waals surface area contributed by atoms with Crippen LogP contribution in [0.4, 0.5) is 0 Å². The average Bonchev–Trinajstić information content (AvgIpc) is 3.27. The quantitative estimate of drug-likeness (QED) is 0.731. The minimum Gasteiger partial charge on any atom is -0.491 e. The van der Waals surface area contributed by atoms with E-state index in [9.17, 15) is 4.79 Å². The van der Waals surface area contributed by atoms with E-state index in [-0.39, 0.29) is 41.6 Å². The lowest BCUT2D eigenvalue weighted by Crippen LogP contribution is -2.50. The van der Waals surface area contributed by atoms with Crippen molar-refractivity contribution in [2.45, 2.75) is 46.6 Å². The fourth-order valence-corrected chi connectivity index (χ4v) is 3.92. The third kappa shape index (κ3) is 5.55. The Kier molecular flexibility index (Phi) is 7.94. The number of para-hydroxylation sites is 1. The highest BCUT2D eigenvalue weighted by molar-refractivity contribution is 5.85. The van der Waals surface area contributed by atoms with Crippen molar-refractivity contribution in [1.82, 2.24) is 20.4 Å². The Hall–Kier alpha value is -2.05. The Morgan fingerprint density at radius 1 is 1.30 bits per heavy atom. The van der Waals surface area contributed by atoms with Gasteiger partial charge in [-0.1, -0.05) is 39.0 Å². The first-order chi connectivity index (χ1) is 13.7. The van der Waals surface area contributed by atoms with E-state index in [2.05, 4.69) is 62.5 Å². The molecule has 166 valence electrons. The van der Waals surface area contributed by atoms with Gasteiger partial charge in [-0.2, -0.15) is 5.10 Å². The van der Waals surface area contributed by atoms with Gasteiger partial charge in [0.1, 0.15) is 12.4 Å². The van der Waals surface area contributed by atoms with Gasteiger partial charge in [-0.3, -0.25) is 9.48 Å². The van der Waals surface area contributed by atoms with E-state index >= 15 is 0 Å². The molecular weight excluding hydrogens is 400 g/mol. The smallest absolute Gasteiger partial charge is 0.225 e. The van der Waals surface area contributed by atoms with Gasteiger partial charge in [0, 0.05) is 32.3 Å². The number of ether oxygens (including phenoxy) is 1. The van der Waals surface area contributed by atoms with Gasteiger partial charge in [0.05, 0.1) is 18.2 Å². The van der Waals surface area contributed by atoms with Crippen molar-refractivity contribution in [2.24, 2.45) is 18.4 Å². The molecule has 0 bridgehead atoms. The van der Waals surface area contributed by atoms with Crippen LogP contribution in [0.25, 0.3) is 0 Å². The third-order valence-electron chi connectivity index (χ3n) is 5.87. The van der Waals surface area contributed by atoms with E-state index in [1.807, 2.05) is 25.5 Å². The molecule has 1 saturated heterocycles. The molecule has 1 aliphatic rings. The molecule has 30 heavy (non-hydrogen) atoms. The number of hydrogen-bond donors (Lipinski definition) is 2. The maximum absolute atomic E-state index is 13.2. The number of benzene rings is 1. The number of rotatable bonds is 6. The highest BCUT2D eigenvalue weighted by atomic mass is 35.5. The summed E-state index contributed by atoms with van der Waals surface area (Å²) in [6.07, 6.45) is 3.87. The van der Waals surface area contributed by atoms with Crippen LogP contribution in [-0.2, 0) is 11.8 Å². The summed E-state index contributed by atoms with van der Waals surface area (Å²) in [5.41, 5.74) is 3.21. The van der Waals surface area contributed by atoms with Gasteiger partial charge in [-0.15, -0.1) is 12.4 Å². The van der Waals surface area contributed by atoms with Crippen LogP contribution in [0.2, 0.25) is 0 Å². The summed E-state index contributed by atoms with van der Waals surface area (Å²) in [7, 11) is 1.90. The van der Waals surface area contributed by atoms with Gasteiger partial charge in [0.2, 0.25) is 5.91 Å². The van der Waals surface area contributed by atoms with Crippen LogP contribution >= 0.6 is 12.4 Å². The molecule has 0 saturated carbocycles. The van der Waals surface area contributed by atoms with Crippen LogP contribution in [0.5, 0.6) is 5.75 Å². The standard InChI is InChI=1S/C23H34N4O2.ClH/c1-15-8-7-9-16(2)21(15)29-14-20(23(3,4)5)26-22(28)19-12-24-11-18(19)17-10-25-27(6)13-17;/h7-10,13,18-20,24H,11-12,14H2,1-6H3,(H,26,28);1H/t18-,19+,20?;/m1./s1. The summed E-state index contributed by atoms with van der Waals surface area (Å²) < 4.78 is 7.98. The summed E-state index contributed by atoms with van der Waals surface area (Å²) in [5, 5.41) is 10.9. The fourth-order valence-electron chi connectivity index (χ4n) is 3.92. The number of amides is 1. The Labute approximate surface area is 186 Å². The molecule has 0 spiro atoms. The van der Waals surface area contributed by atoms with Gasteiger partial charge in [-0.05, 0) is 36.0 Å². The van der Waals surface area contributed by atoms with E-state index in [1.54, 1.807) is 4.68 Å². The Morgan fingerprint density at radius 3 is 2.53 bits per heavy atom. The third-order valence-corrected chi connectivity index (χ3v) is 5.87. The van der Waals surface area contributed by atoms with E-state index < -0.39 is 0 Å². The van der Waals surface area contributed by atoms with Crippen LogP contribution < -0.4 is 15.4 Å². The summed E-state index contributed by atoms with van der Waals surface area (Å²) in [6.45, 7) is 12.4. The van der Waals surface area contributed by atoms with Crippen molar-refractivity contribution >= 4 is 18.3 Å². The maximum atomic E-state index is 13.2. The van der Waals surface area contributed by atoms with Crippen molar-refractivity contribution in [3.8, 4) is 5.75 Å². The second kappa shape index (κ2) is 9.84. The zero-order valence-electron chi connectivity index (χ0n) is 18.9. The number of nitrogens with zero attached hydrogens (tertiary/aromatic N) is 2. The summed E-state index contributed by atoms with van der Waals surface area (Å²) >= 11 is 0. The molecule has 1 unspecified atom stereocenters. The van der Waals surface area contributed by atoms with Crippen LogP contribution in [-0.4, -0.2) is 41.4 Å². The van der Waals surface area contributed by atoms with E-state index in [0.29, 0.717) is 13.2 Å². The predicted molar refractivity (Wildman–Crippen MR) is 122 cm³/mol. The van der Waals surface area contributed by atoms with Crippen LogP contribution in [0.3, 0.4) is 0 Å². The zero-order valence-corrected chi connectivity index (χ0v) is 19.7. The number of nitrogens with one attached hydrogen (secondary N) is 2. The molecule has 1 aliphatic heterocycles. The van der Waals surface area contributed by atoms with Crippen LogP contribution in [0.15, 0.2) is 30.6 Å². The van der Waals surface area contributed by atoms with Crippen LogP contribution in [0.1, 0.15) is 43.4 Å². The minimum atomic E-state index is -0.123. The molecule has 2 heterocycles. The minimum absolute atomic E-state index is 0. The molecular formula is C23H35ClN4O2. The van der Waals surface area contributed by atoms with Crippen molar-refractivity contribution in [3.63, 3.8) is 0 Å². The van der Waals surface area contributed by atoms with Crippen molar-refractivity contribution < 1.29 is 9.53 Å². The SMILES string of the molecule is Cc1cccc(C)c1OCC(NC(=O)[C@H]1CNC[C@@H]1c1cnn(C)c1)C(C)(C)C.Cl. The number of carbonyl (C=O) groups excluding carboxylic acids is 1. The first-order valence-corrected chi connectivity index (χ1v) is 10.4. The number of aryl methyl sites for hydroxylation is 3. The first kappa shape index (κ1) is 24.2. The van der Waals surface area contributed by atoms with Crippen molar-refractivity contribution in [3.05, 3.63) is 47.3 Å². The molecule has 3 rings (SSSR count). The highest BCUT2D eigenvalue weighted by Crippen LogP contribution is 2.30. The molecule has 0 radical (unpaired) electrons. The van der Waals surface area contributed by atoms with Crippen LogP contribution in [0, 0.1) is 25.2 Å². The monoisotopic (exact) mass is 434 g/mol. The lowest BCUT2D eigenvalue weighted by Gasteiger charge is -2.33. The topological polar surface area (TPSA) is 68.2 Å². The first-order valence-electron chi connectivity index (χ1n) is 10.4. The van der Waals surface area contributed by atoms with Gasteiger partial charge in [0.25, 0.3) is 0 Å². The molecule has 2 N–H and O–H groups in total. The van der Waals surface area contributed by atoms with Crippen molar-refractivity contribution in [2.75, 3.05) is 19.7 Å². The number of halogens is 1. The van der Waals surface area contributed by atoms with E-state index in [1.165, 1.54) is 0 Å². The number of aromatic nitrogens is 2. The molecule has 1 amide bonds. The predicted octanol–water partition coefficient (Wildman–Crippen LogP) is 3.37. The van der Waals surface area contributed by atoms with Crippen molar-refractivity contribution in [1.29, 1.82) is 0 Å². The number of carbonyl (C=O) groups is 1. The molecule has 7 heteroatoms. The molecule has 0 aliphatic carbocycles. The lowest BCUT2D eigenvalue weighted by atomic mass is 9.85.